The Morgan fingerprint density at radius 1 is 1.14 bits per heavy atom. The number of hydrogen-bond donors (Lipinski definition) is 1. The summed E-state index contributed by atoms with van der Waals surface area (Å²) in [6.45, 7) is 2.92. The average Bonchev–Trinajstić information content (AvgIpc) is 3.00. The van der Waals surface area contributed by atoms with E-state index in [0.29, 0.717) is 6.54 Å². The van der Waals surface area contributed by atoms with Crippen molar-refractivity contribution in [2.75, 3.05) is 38.1 Å². The van der Waals surface area contributed by atoms with Gasteiger partial charge < -0.3 is 15.5 Å². The maximum atomic E-state index is 11.8. The number of likely N-dealkylation sites (N-methyl/N-ethyl adjacent to an activating group) is 1. The molecule has 2 N–H and O–H groups in total. The lowest BCUT2D eigenvalue weighted by Gasteiger charge is -2.34. The smallest absolute Gasteiger partial charge is 0.241 e. The van der Waals surface area contributed by atoms with Gasteiger partial charge in [0.1, 0.15) is 0 Å². The van der Waals surface area contributed by atoms with E-state index in [2.05, 4.69) is 29.2 Å². The highest BCUT2D eigenvalue weighted by Crippen LogP contribution is 2.40. The first kappa shape index (κ1) is 14.4. The quantitative estimate of drug-likeness (QED) is 0.921. The fraction of sp³-hybridized carbons (Fsp3) is 0.588. The summed E-state index contributed by atoms with van der Waals surface area (Å²) in [5.74, 6) is 0.194. The van der Waals surface area contributed by atoms with Crippen LogP contribution in [0.4, 0.5) is 5.69 Å². The van der Waals surface area contributed by atoms with Gasteiger partial charge in [-0.25, -0.2) is 0 Å². The number of nitrogens with two attached hydrogens (primary N) is 1. The number of piperazine rings is 1. The number of rotatable bonds is 3. The van der Waals surface area contributed by atoms with Gasteiger partial charge in [-0.2, -0.15) is 0 Å². The van der Waals surface area contributed by atoms with Crippen molar-refractivity contribution in [2.24, 2.45) is 5.73 Å². The van der Waals surface area contributed by atoms with Crippen molar-refractivity contribution >= 4 is 11.6 Å². The van der Waals surface area contributed by atoms with E-state index < -0.39 is 0 Å². The van der Waals surface area contributed by atoms with Crippen LogP contribution in [0.5, 0.6) is 0 Å². The summed E-state index contributed by atoms with van der Waals surface area (Å²) >= 11 is 0. The second-order valence-corrected chi connectivity index (χ2v) is 6.48. The third-order valence-corrected chi connectivity index (χ3v) is 5.25. The Balaban J connectivity index is 1.76. The molecule has 1 heterocycles. The number of carbonyl (C=O) groups excluding carboxylic acids is 1. The first-order chi connectivity index (χ1) is 10.1. The predicted octanol–water partition coefficient (Wildman–Crippen LogP) is 1.74. The molecule has 1 aliphatic heterocycles. The fourth-order valence-electron chi connectivity index (χ4n) is 3.67. The Kier molecular flexibility index (Phi) is 3.89. The minimum Gasteiger partial charge on any atom is -0.360 e. The van der Waals surface area contributed by atoms with Crippen molar-refractivity contribution in [3.63, 3.8) is 0 Å². The minimum absolute atomic E-state index is 0.191. The molecule has 1 aromatic carbocycles. The van der Waals surface area contributed by atoms with Crippen LogP contribution in [0, 0.1) is 0 Å². The molecule has 0 bridgehead atoms. The molecule has 1 aliphatic carbocycles. The van der Waals surface area contributed by atoms with Crippen molar-refractivity contribution in [3.8, 4) is 0 Å². The summed E-state index contributed by atoms with van der Waals surface area (Å²) in [6, 6.07) is 8.75. The number of benzene rings is 1. The number of hydrogen-bond acceptors (Lipinski definition) is 3. The van der Waals surface area contributed by atoms with Crippen molar-refractivity contribution in [2.45, 2.75) is 31.1 Å². The zero-order chi connectivity index (χ0) is 14.9. The highest BCUT2D eigenvalue weighted by molar-refractivity contribution is 5.82. The van der Waals surface area contributed by atoms with Gasteiger partial charge in [0.05, 0.1) is 6.54 Å². The van der Waals surface area contributed by atoms with Gasteiger partial charge in [-0.15, -0.1) is 0 Å². The largest absolute Gasteiger partial charge is 0.360 e. The van der Waals surface area contributed by atoms with E-state index in [9.17, 15) is 4.79 Å². The lowest BCUT2D eigenvalue weighted by Crippen LogP contribution is -2.48. The molecule has 1 saturated carbocycles. The second kappa shape index (κ2) is 5.68. The van der Waals surface area contributed by atoms with Gasteiger partial charge >= 0.3 is 0 Å². The van der Waals surface area contributed by atoms with Gasteiger partial charge in [-0.3, -0.25) is 4.79 Å². The van der Waals surface area contributed by atoms with Crippen LogP contribution in [0.1, 0.15) is 31.2 Å². The van der Waals surface area contributed by atoms with E-state index in [0.717, 1.165) is 25.3 Å². The van der Waals surface area contributed by atoms with Gasteiger partial charge in [-0.05, 0) is 30.5 Å². The Morgan fingerprint density at radius 3 is 2.38 bits per heavy atom. The molecule has 0 radical (unpaired) electrons. The Labute approximate surface area is 126 Å². The van der Waals surface area contributed by atoms with Gasteiger partial charge in [-0.1, -0.05) is 25.0 Å². The molecule has 2 fully saturated rings. The number of nitrogens with zero attached hydrogens (tertiary/aromatic N) is 2. The van der Waals surface area contributed by atoms with E-state index in [1.54, 1.807) is 4.90 Å². The van der Waals surface area contributed by atoms with Crippen molar-refractivity contribution in [1.29, 1.82) is 0 Å². The van der Waals surface area contributed by atoms with Gasteiger partial charge in [0.25, 0.3) is 0 Å². The molecule has 0 atom stereocenters. The highest BCUT2D eigenvalue weighted by Gasteiger charge is 2.34. The van der Waals surface area contributed by atoms with Crippen LogP contribution in [-0.4, -0.2) is 44.0 Å². The second-order valence-electron chi connectivity index (χ2n) is 6.48. The highest BCUT2D eigenvalue weighted by atomic mass is 16.2. The van der Waals surface area contributed by atoms with E-state index >= 15 is 0 Å². The topological polar surface area (TPSA) is 49.6 Å². The Bertz CT molecular complexity index is 505. The molecule has 2 aliphatic rings. The van der Waals surface area contributed by atoms with Crippen LogP contribution in [0.15, 0.2) is 24.3 Å². The molecule has 21 heavy (non-hydrogen) atoms. The molecule has 3 rings (SSSR count). The minimum atomic E-state index is 0.191. The SMILES string of the molecule is CN1CCN(c2ccc(C3(CN)CCCC3)cc2)CC1=O. The summed E-state index contributed by atoms with van der Waals surface area (Å²) in [7, 11) is 1.87. The molecule has 4 nitrogen and oxygen atoms in total. The van der Waals surface area contributed by atoms with Gasteiger partial charge in [0.15, 0.2) is 0 Å². The van der Waals surface area contributed by atoms with E-state index in [1.807, 2.05) is 7.05 Å². The molecule has 1 saturated heterocycles. The molecular weight excluding hydrogens is 262 g/mol. The van der Waals surface area contributed by atoms with E-state index in [-0.39, 0.29) is 11.3 Å². The lowest BCUT2D eigenvalue weighted by atomic mass is 9.79. The molecule has 0 unspecified atom stereocenters. The Morgan fingerprint density at radius 2 is 1.81 bits per heavy atom. The van der Waals surface area contributed by atoms with Crippen molar-refractivity contribution in [3.05, 3.63) is 29.8 Å². The van der Waals surface area contributed by atoms with Crippen LogP contribution in [0.25, 0.3) is 0 Å². The van der Waals surface area contributed by atoms with Crippen molar-refractivity contribution in [1.82, 2.24) is 4.90 Å². The summed E-state index contributed by atoms with van der Waals surface area (Å²) < 4.78 is 0. The molecule has 0 spiro atoms. The maximum Gasteiger partial charge on any atom is 0.241 e. The monoisotopic (exact) mass is 287 g/mol. The van der Waals surface area contributed by atoms with Crippen LogP contribution >= 0.6 is 0 Å². The van der Waals surface area contributed by atoms with Crippen LogP contribution in [0.2, 0.25) is 0 Å². The fourth-order valence-corrected chi connectivity index (χ4v) is 3.67. The first-order valence-electron chi connectivity index (χ1n) is 7.94. The molecule has 1 amide bonds. The zero-order valence-corrected chi connectivity index (χ0v) is 12.8. The van der Waals surface area contributed by atoms with Crippen LogP contribution in [-0.2, 0) is 10.2 Å². The van der Waals surface area contributed by atoms with E-state index in [4.69, 9.17) is 5.73 Å². The van der Waals surface area contributed by atoms with Gasteiger partial charge in [0, 0.05) is 37.8 Å². The molecule has 114 valence electrons. The van der Waals surface area contributed by atoms with Gasteiger partial charge in [0.2, 0.25) is 5.91 Å². The van der Waals surface area contributed by atoms with Crippen LogP contribution < -0.4 is 10.6 Å². The first-order valence-corrected chi connectivity index (χ1v) is 7.94. The standard InChI is InChI=1S/C17H25N3O/c1-19-10-11-20(12-16(19)21)15-6-4-14(5-7-15)17(13-18)8-2-3-9-17/h4-7H,2-3,8-13,18H2,1H3. The third kappa shape index (κ3) is 2.64. The predicted molar refractivity (Wildman–Crippen MR) is 85.5 cm³/mol. The summed E-state index contributed by atoms with van der Waals surface area (Å²) in [5.41, 5.74) is 8.76. The molecule has 0 aromatic heterocycles. The molecule has 4 heteroatoms. The number of amides is 1. The zero-order valence-electron chi connectivity index (χ0n) is 12.8. The molecular formula is C17H25N3O. The summed E-state index contributed by atoms with van der Waals surface area (Å²) in [6.07, 6.45) is 4.98. The van der Waals surface area contributed by atoms with E-state index in [1.165, 1.54) is 31.2 Å². The molecule has 1 aromatic rings. The Hall–Kier alpha value is -1.55. The lowest BCUT2D eigenvalue weighted by molar-refractivity contribution is -0.129. The number of anilines is 1. The average molecular weight is 287 g/mol. The normalized spacial score (nSPS) is 21.9. The number of carbonyl (C=O) groups is 1. The van der Waals surface area contributed by atoms with Crippen LogP contribution in [0.3, 0.4) is 0 Å². The summed E-state index contributed by atoms with van der Waals surface area (Å²) in [5, 5.41) is 0. The third-order valence-electron chi connectivity index (χ3n) is 5.25. The summed E-state index contributed by atoms with van der Waals surface area (Å²) in [4.78, 5) is 15.8. The maximum absolute atomic E-state index is 11.8. The van der Waals surface area contributed by atoms with Crippen molar-refractivity contribution < 1.29 is 4.79 Å².